The van der Waals surface area contributed by atoms with Crippen molar-refractivity contribution < 1.29 is 4.74 Å². The van der Waals surface area contributed by atoms with E-state index in [1.165, 1.54) is 22.3 Å². The molecule has 4 aromatic carbocycles. The summed E-state index contributed by atoms with van der Waals surface area (Å²) in [6.45, 7) is 5.54. The van der Waals surface area contributed by atoms with Crippen LogP contribution in [0.1, 0.15) is 34.0 Å². The monoisotopic (exact) mass is 432 g/mol. The van der Waals surface area contributed by atoms with E-state index in [1.807, 2.05) is 6.07 Å². The van der Waals surface area contributed by atoms with Crippen LogP contribution < -0.4 is 4.74 Å². The van der Waals surface area contributed by atoms with Gasteiger partial charge in [0.1, 0.15) is 18.2 Å². The van der Waals surface area contributed by atoms with Gasteiger partial charge in [0.05, 0.1) is 23.5 Å². The third-order valence-electron chi connectivity index (χ3n) is 6.27. The molecule has 0 bridgehead atoms. The van der Waals surface area contributed by atoms with E-state index in [4.69, 9.17) is 9.72 Å². The number of nitrogens with zero attached hydrogens (tertiary/aromatic N) is 2. The van der Waals surface area contributed by atoms with Crippen molar-refractivity contribution >= 4 is 11.0 Å². The third kappa shape index (κ3) is 4.40. The first kappa shape index (κ1) is 21.0. The Hall–Kier alpha value is -3.85. The number of aryl methyl sites for hydroxylation is 2. The molecule has 0 spiro atoms. The Bertz CT molecular complexity index is 1320. The number of hydrogen-bond donors (Lipinski definition) is 0. The molecule has 0 N–H and O–H groups in total. The maximum Gasteiger partial charge on any atom is 0.122 e. The number of aromatic nitrogens is 2. The lowest BCUT2D eigenvalue weighted by atomic mass is 9.90. The van der Waals surface area contributed by atoms with Crippen molar-refractivity contribution in [1.29, 1.82) is 0 Å². The molecule has 0 saturated carbocycles. The Morgan fingerprint density at radius 3 is 2.03 bits per heavy atom. The Labute approximate surface area is 195 Å². The maximum atomic E-state index is 6.16. The second-order valence-corrected chi connectivity index (χ2v) is 8.46. The molecule has 1 heterocycles. The number of ether oxygens (including phenoxy) is 1. The zero-order chi connectivity index (χ0) is 22.6. The number of fused-ring (bicyclic) bond motifs is 1. The molecule has 0 aliphatic rings. The molecule has 0 saturated heterocycles. The molecule has 0 aliphatic carbocycles. The Balaban J connectivity index is 1.54. The number of para-hydroxylation sites is 2. The van der Waals surface area contributed by atoms with Gasteiger partial charge in [-0.2, -0.15) is 0 Å². The van der Waals surface area contributed by atoms with Crippen LogP contribution in [0.2, 0.25) is 0 Å². The van der Waals surface area contributed by atoms with E-state index in [1.54, 1.807) is 0 Å². The molecule has 33 heavy (non-hydrogen) atoms. The van der Waals surface area contributed by atoms with Crippen LogP contribution in [0.15, 0.2) is 103 Å². The van der Waals surface area contributed by atoms with Crippen LogP contribution in [-0.4, -0.2) is 16.2 Å². The number of rotatable bonds is 7. The topological polar surface area (TPSA) is 27.1 Å². The average molecular weight is 433 g/mol. The molecule has 1 aromatic heterocycles. The molecule has 3 nitrogen and oxygen atoms in total. The fraction of sp³-hybridized carbons (Fsp3) is 0.167. The molecule has 164 valence electrons. The zero-order valence-corrected chi connectivity index (χ0v) is 19.1. The highest BCUT2D eigenvalue weighted by atomic mass is 16.5. The molecule has 0 unspecified atom stereocenters. The van der Waals surface area contributed by atoms with Crippen molar-refractivity contribution in [1.82, 2.24) is 9.55 Å². The van der Waals surface area contributed by atoms with Crippen LogP contribution >= 0.6 is 0 Å². The molecular weight excluding hydrogens is 404 g/mol. The summed E-state index contributed by atoms with van der Waals surface area (Å²) < 4.78 is 8.48. The average Bonchev–Trinajstić information content (AvgIpc) is 3.21. The van der Waals surface area contributed by atoms with Gasteiger partial charge >= 0.3 is 0 Å². The van der Waals surface area contributed by atoms with Crippen LogP contribution in [0.5, 0.6) is 5.75 Å². The predicted octanol–water partition coefficient (Wildman–Crippen LogP) is 6.91. The first-order valence-corrected chi connectivity index (χ1v) is 11.5. The minimum Gasteiger partial charge on any atom is -0.492 e. The molecule has 5 aromatic rings. The largest absolute Gasteiger partial charge is 0.492 e. The summed E-state index contributed by atoms with van der Waals surface area (Å²) in [5.74, 6) is 1.99. The van der Waals surface area contributed by atoms with E-state index < -0.39 is 0 Å². The highest BCUT2D eigenvalue weighted by Crippen LogP contribution is 2.33. The summed E-state index contributed by atoms with van der Waals surface area (Å²) in [7, 11) is 0. The summed E-state index contributed by atoms with van der Waals surface area (Å²) in [6.07, 6.45) is 0. The van der Waals surface area contributed by atoms with Gasteiger partial charge in [-0.25, -0.2) is 4.98 Å². The van der Waals surface area contributed by atoms with Crippen LogP contribution in [0.25, 0.3) is 11.0 Å². The van der Waals surface area contributed by atoms with Crippen molar-refractivity contribution in [3.63, 3.8) is 0 Å². The van der Waals surface area contributed by atoms with Crippen LogP contribution in [-0.2, 0) is 6.54 Å². The number of imidazole rings is 1. The van der Waals surface area contributed by atoms with E-state index in [9.17, 15) is 0 Å². The van der Waals surface area contributed by atoms with Crippen molar-refractivity contribution in [2.24, 2.45) is 0 Å². The van der Waals surface area contributed by atoms with Gasteiger partial charge in [0.25, 0.3) is 0 Å². The molecule has 0 aliphatic heterocycles. The molecule has 3 heteroatoms. The van der Waals surface area contributed by atoms with Gasteiger partial charge in [-0.3, -0.25) is 0 Å². The smallest absolute Gasteiger partial charge is 0.122 e. The Kier molecular flexibility index (Phi) is 5.95. The molecular formula is C30H28N2O. The summed E-state index contributed by atoms with van der Waals surface area (Å²) in [6, 6.07) is 35.9. The minimum absolute atomic E-state index is 0.0430. The normalized spacial score (nSPS) is 11.2. The van der Waals surface area contributed by atoms with Gasteiger partial charge in [0, 0.05) is 0 Å². The van der Waals surface area contributed by atoms with Gasteiger partial charge in [-0.1, -0.05) is 78.9 Å². The van der Waals surface area contributed by atoms with E-state index in [2.05, 4.69) is 115 Å². The van der Waals surface area contributed by atoms with Gasteiger partial charge in [0.15, 0.2) is 0 Å². The van der Waals surface area contributed by atoms with E-state index in [0.717, 1.165) is 29.2 Å². The maximum absolute atomic E-state index is 6.16. The van der Waals surface area contributed by atoms with Crippen LogP contribution in [0, 0.1) is 13.8 Å². The fourth-order valence-electron chi connectivity index (χ4n) is 4.39. The number of benzene rings is 4. The second kappa shape index (κ2) is 9.33. The van der Waals surface area contributed by atoms with E-state index in [0.29, 0.717) is 6.61 Å². The summed E-state index contributed by atoms with van der Waals surface area (Å²) >= 11 is 0. The van der Waals surface area contributed by atoms with Crippen LogP contribution in [0.4, 0.5) is 0 Å². The standard InChI is InChI=1S/C30H28N2O/c1-22-17-18-26(21-23(22)2)33-20-19-32-28-16-10-9-15-27(28)31-30(32)29(24-11-5-3-6-12-24)25-13-7-4-8-14-25/h3-18,21,29H,19-20H2,1-2H3. The van der Waals surface area contributed by atoms with Crippen molar-refractivity contribution in [2.75, 3.05) is 6.61 Å². The van der Waals surface area contributed by atoms with Crippen LogP contribution in [0.3, 0.4) is 0 Å². The fourth-order valence-corrected chi connectivity index (χ4v) is 4.39. The van der Waals surface area contributed by atoms with E-state index >= 15 is 0 Å². The lowest BCUT2D eigenvalue weighted by Gasteiger charge is -2.20. The minimum atomic E-state index is 0.0430. The molecule has 5 rings (SSSR count). The SMILES string of the molecule is Cc1ccc(OCCn2c(C(c3ccccc3)c3ccccc3)nc3ccccc32)cc1C. The highest BCUT2D eigenvalue weighted by Gasteiger charge is 2.23. The third-order valence-corrected chi connectivity index (χ3v) is 6.27. The zero-order valence-electron chi connectivity index (χ0n) is 19.1. The lowest BCUT2D eigenvalue weighted by molar-refractivity contribution is 0.298. The van der Waals surface area contributed by atoms with Crippen molar-refractivity contribution in [3.05, 3.63) is 131 Å². The first-order valence-electron chi connectivity index (χ1n) is 11.5. The van der Waals surface area contributed by atoms with E-state index in [-0.39, 0.29) is 5.92 Å². The second-order valence-electron chi connectivity index (χ2n) is 8.46. The highest BCUT2D eigenvalue weighted by molar-refractivity contribution is 5.76. The quantitative estimate of drug-likeness (QED) is 0.279. The predicted molar refractivity (Wildman–Crippen MR) is 135 cm³/mol. The summed E-state index contributed by atoms with van der Waals surface area (Å²) in [4.78, 5) is 5.12. The summed E-state index contributed by atoms with van der Waals surface area (Å²) in [5, 5.41) is 0. The van der Waals surface area contributed by atoms with Crippen molar-refractivity contribution in [2.45, 2.75) is 26.3 Å². The summed E-state index contributed by atoms with van der Waals surface area (Å²) in [5.41, 5.74) is 7.13. The molecule has 0 radical (unpaired) electrons. The Morgan fingerprint density at radius 2 is 1.36 bits per heavy atom. The van der Waals surface area contributed by atoms with Gasteiger partial charge in [-0.15, -0.1) is 0 Å². The van der Waals surface area contributed by atoms with Gasteiger partial charge in [0.2, 0.25) is 0 Å². The Morgan fingerprint density at radius 1 is 0.727 bits per heavy atom. The lowest BCUT2D eigenvalue weighted by Crippen LogP contribution is -2.15. The number of hydrogen-bond acceptors (Lipinski definition) is 2. The molecule has 0 atom stereocenters. The molecule has 0 fully saturated rings. The van der Waals surface area contributed by atoms with Crippen molar-refractivity contribution in [3.8, 4) is 5.75 Å². The van der Waals surface area contributed by atoms with Gasteiger partial charge < -0.3 is 9.30 Å². The molecule has 0 amide bonds. The first-order chi connectivity index (χ1) is 16.2. The van der Waals surface area contributed by atoms with Gasteiger partial charge in [-0.05, 0) is 60.4 Å².